The van der Waals surface area contributed by atoms with Crippen LogP contribution in [0.4, 0.5) is 0 Å². The first-order valence-corrected chi connectivity index (χ1v) is 5.63. The summed E-state index contributed by atoms with van der Waals surface area (Å²) in [5, 5.41) is 8.04. The highest BCUT2D eigenvalue weighted by molar-refractivity contribution is 6.20. The molecule has 1 atom stereocenters. The van der Waals surface area contributed by atoms with Crippen LogP contribution in [0.2, 0.25) is 0 Å². The minimum atomic E-state index is -0.0553. The molecule has 0 aliphatic heterocycles. The molecule has 2 heterocycles. The van der Waals surface area contributed by atoms with Crippen molar-refractivity contribution in [1.29, 1.82) is 0 Å². The Balaban J connectivity index is 2.11. The number of hydrogen-bond donors (Lipinski definition) is 0. The summed E-state index contributed by atoms with van der Waals surface area (Å²) < 4.78 is 3.73. The molecule has 6 heteroatoms. The molecule has 0 saturated heterocycles. The first-order chi connectivity index (χ1) is 7.70. The minimum Gasteiger partial charge on any atom is -0.336 e. The van der Waals surface area contributed by atoms with Crippen LogP contribution in [-0.2, 0) is 13.6 Å². The third-order valence-corrected chi connectivity index (χ3v) is 3.01. The number of hydrogen-bond acceptors (Lipinski definition) is 3. The van der Waals surface area contributed by atoms with Crippen LogP contribution in [-0.4, -0.2) is 24.5 Å². The van der Waals surface area contributed by atoms with E-state index < -0.39 is 0 Å². The minimum absolute atomic E-state index is 0.0553. The Morgan fingerprint density at radius 3 is 2.94 bits per heavy atom. The summed E-state index contributed by atoms with van der Waals surface area (Å²) in [5.41, 5.74) is 1.91. The molecule has 0 aliphatic rings. The first-order valence-electron chi connectivity index (χ1n) is 5.20. The highest BCUT2D eigenvalue weighted by atomic mass is 35.5. The van der Waals surface area contributed by atoms with Crippen LogP contribution in [0, 0.1) is 0 Å². The molecule has 86 valence electrons. The molecule has 0 amide bonds. The molecule has 0 bridgehead atoms. The predicted octanol–water partition coefficient (Wildman–Crippen LogP) is 1.75. The molecule has 5 nitrogen and oxygen atoms in total. The van der Waals surface area contributed by atoms with E-state index in [2.05, 4.69) is 15.3 Å². The second kappa shape index (κ2) is 4.65. The SMILES string of the molecule is CCC(Cl)c1cn(Cc2cncn2C)nn1. The molecule has 2 aromatic heterocycles. The third-order valence-electron chi connectivity index (χ3n) is 2.48. The lowest BCUT2D eigenvalue weighted by Crippen LogP contribution is -2.04. The van der Waals surface area contributed by atoms with Crippen molar-refractivity contribution in [2.75, 3.05) is 0 Å². The van der Waals surface area contributed by atoms with Gasteiger partial charge in [-0.15, -0.1) is 16.7 Å². The van der Waals surface area contributed by atoms with Crippen LogP contribution < -0.4 is 0 Å². The van der Waals surface area contributed by atoms with Crippen molar-refractivity contribution < 1.29 is 0 Å². The lowest BCUT2D eigenvalue weighted by atomic mass is 10.3. The Morgan fingerprint density at radius 2 is 2.31 bits per heavy atom. The zero-order valence-electron chi connectivity index (χ0n) is 9.34. The van der Waals surface area contributed by atoms with Crippen LogP contribution in [0.25, 0.3) is 0 Å². The third kappa shape index (κ3) is 2.24. The number of halogens is 1. The second-order valence-electron chi connectivity index (χ2n) is 3.71. The van der Waals surface area contributed by atoms with Crippen molar-refractivity contribution in [3.8, 4) is 0 Å². The van der Waals surface area contributed by atoms with E-state index in [4.69, 9.17) is 11.6 Å². The summed E-state index contributed by atoms with van der Waals surface area (Å²) in [6.07, 6.45) is 6.32. The molecule has 0 fully saturated rings. The smallest absolute Gasteiger partial charge is 0.101 e. The molecule has 1 unspecified atom stereocenters. The lowest BCUT2D eigenvalue weighted by Gasteiger charge is -2.01. The average Bonchev–Trinajstić information content (AvgIpc) is 2.89. The number of alkyl halides is 1. The maximum absolute atomic E-state index is 6.08. The van der Waals surface area contributed by atoms with E-state index in [0.29, 0.717) is 6.54 Å². The Morgan fingerprint density at radius 1 is 1.50 bits per heavy atom. The quantitative estimate of drug-likeness (QED) is 0.764. The van der Waals surface area contributed by atoms with Crippen LogP contribution in [0.1, 0.15) is 30.1 Å². The van der Waals surface area contributed by atoms with Crippen LogP contribution >= 0.6 is 11.6 Å². The average molecular weight is 240 g/mol. The van der Waals surface area contributed by atoms with E-state index in [0.717, 1.165) is 17.8 Å². The molecule has 16 heavy (non-hydrogen) atoms. The number of aryl methyl sites for hydroxylation is 1. The Labute approximate surface area is 99.1 Å². The van der Waals surface area contributed by atoms with Gasteiger partial charge in [-0.2, -0.15) is 0 Å². The Bertz CT molecular complexity index is 461. The van der Waals surface area contributed by atoms with Gasteiger partial charge >= 0.3 is 0 Å². The van der Waals surface area contributed by atoms with Gasteiger partial charge in [-0.3, -0.25) is 0 Å². The van der Waals surface area contributed by atoms with Crippen molar-refractivity contribution in [2.24, 2.45) is 7.05 Å². The van der Waals surface area contributed by atoms with E-state index in [1.54, 1.807) is 11.0 Å². The van der Waals surface area contributed by atoms with Gasteiger partial charge in [0, 0.05) is 7.05 Å². The van der Waals surface area contributed by atoms with Crippen LogP contribution in [0.5, 0.6) is 0 Å². The Hall–Kier alpha value is -1.36. The van der Waals surface area contributed by atoms with Crippen molar-refractivity contribution in [1.82, 2.24) is 24.5 Å². The maximum Gasteiger partial charge on any atom is 0.101 e. The summed E-state index contributed by atoms with van der Waals surface area (Å²) in [7, 11) is 1.95. The normalized spacial score (nSPS) is 12.9. The zero-order chi connectivity index (χ0) is 11.5. The summed E-state index contributed by atoms with van der Waals surface area (Å²) in [4.78, 5) is 4.05. The van der Waals surface area contributed by atoms with Gasteiger partial charge in [0.15, 0.2) is 0 Å². The van der Waals surface area contributed by atoms with Gasteiger partial charge in [-0.25, -0.2) is 9.67 Å². The lowest BCUT2D eigenvalue weighted by molar-refractivity contribution is 0.620. The fourth-order valence-corrected chi connectivity index (χ4v) is 1.55. The number of rotatable bonds is 4. The fourth-order valence-electron chi connectivity index (χ4n) is 1.45. The second-order valence-corrected chi connectivity index (χ2v) is 4.24. The number of nitrogens with zero attached hydrogens (tertiary/aromatic N) is 5. The standard InChI is InChI=1S/C10H14ClN5/c1-3-9(11)10-6-16(14-13-10)5-8-4-12-7-15(8)2/h4,6-7,9H,3,5H2,1-2H3. The molecular weight excluding hydrogens is 226 g/mol. The predicted molar refractivity (Wildman–Crippen MR) is 61.2 cm³/mol. The van der Waals surface area contributed by atoms with Gasteiger partial charge in [0.1, 0.15) is 5.69 Å². The fraction of sp³-hybridized carbons (Fsp3) is 0.500. The maximum atomic E-state index is 6.08. The highest BCUT2D eigenvalue weighted by Crippen LogP contribution is 2.20. The van der Waals surface area contributed by atoms with Crippen molar-refractivity contribution in [2.45, 2.75) is 25.3 Å². The van der Waals surface area contributed by atoms with Crippen molar-refractivity contribution in [3.05, 3.63) is 30.1 Å². The molecule has 0 aromatic carbocycles. The number of aromatic nitrogens is 5. The van der Waals surface area contributed by atoms with Gasteiger partial charge < -0.3 is 4.57 Å². The van der Waals surface area contributed by atoms with Gasteiger partial charge in [0.2, 0.25) is 0 Å². The monoisotopic (exact) mass is 239 g/mol. The zero-order valence-corrected chi connectivity index (χ0v) is 10.1. The van der Waals surface area contributed by atoms with Crippen molar-refractivity contribution in [3.63, 3.8) is 0 Å². The van der Waals surface area contributed by atoms with Gasteiger partial charge in [-0.1, -0.05) is 12.1 Å². The summed E-state index contributed by atoms with van der Waals surface area (Å²) in [6, 6.07) is 0. The van der Waals surface area contributed by atoms with Crippen LogP contribution in [0.3, 0.4) is 0 Å². The largest absolute Gasteiger partial charge is 0.336 e. The van der Waals surface area contributed by atoms with Gasteiger partial charge in [0.25, 0.3) is 0 Å². The van der Waals surface area contributed by atoms with Crippen molar-refractivity contribution >= 4 is 11.6 Å². The van der Waals surface area contributed by atoms with Gasteiger partial charge in [-0.05, 0) is 6.42 Å². The highest BCUT2D eigenvalue weighted by Gasteiger charge is 2.10. The van der Waals surface area contributed by atoms with E-state index in [-0.39, 0.29) is 5.38 Å². The summed E-state index contributed by atoms with van der Waals surface area (Å²) >= 11 is 6.08. The first kappa shape index (κ1) is 11.1. The summed E-state index contributed by atoms with van der Waals surface area (Å²) in [5.74, 6) is 0. The van der Waals surface area contributed by atoms with E-state index in [1.165, 1.54) is 0 Å². The van der Waals surface area contributed by atoms with E-state index in [9.17, 15) is 0 Å². The molecule has 0 spiro atoms. The van der Waals surface area contributed by atoms with Crippen LogP contribution in [0.15, 0.2) is 18.7 Å². The topological polar surface area (TPSA) is 48.5 Å². The summed E-state index contributed by atoms with van der Waals surface area (Å²) in [6.45, 7) is 2.69. The van der Waals surface area contributed by atoms with E-state index >= 15 is 0 Å². The molecule has 0 N–H and O–H groups in total. The number of imidazole rings is 1. The molecule has 2 aromatic rings. The van der Waals surface area contributed by atoms with Gasteiger partial charge in [0.05, 0.1) is 36.3 Å². The molecular formula is C10H14ClN5. The molecule has 2 rings (SSSR count). The molecule has 0 radical (unpaired) electrons. The Kier molecular flexibility index (Phi) is 3.24. The molecule has 0 aliphatic carbocycles. The molecule has 0 saturated carbocycles. The van der Waals surface area contributed by atoms with E-state index in [1.807, 2.05) is 30.9 Å².